The standard InChI is InChI=1S/C33H40N4O3/c1-35(2)29(20-21-36(3)33(39)34-28-16-18-30(40-4)19-17-28)22-37-23-31(32(37)24-38)27-14-12-26(13-15-27)11-10-25-8-6-5-7-9-25/h5-9,12-19,29,31-32,38H,20-24H2,1-4H3,(H,34,39)/t29?,31?,32-/m1/s1. The van der Waals surface area contributed by atoms with Crippen molar-refractivity contribution in [3.8, 4) is 17.6 Å². The number of hydrogen-bond acceptors (Lipinski definition) is 5. The van der Waals surface area contributed by atoms with E-state index in [0.29, 0.717) is 12.5 Å². The van der Waals surface area contributed by atoms with Crippen molar-refractivity contribution in [2.45, 2.75) is 24.4 Å². The Bertz CT molecular complexity index is 1280. The lowest BCUT2D eigenvalue weighted by Gasteiger charge is -2.49. The number of hydrogen-bond donors (Lipinski definition) is 2. The van der Waals surface area contributed by atoms with Crippen LogP contribution in [0.3, 0.4) is 0 Å². The summed E-state index contributed by atoms with van der Waals surface area (Å²) in [4.78, 5) is 19.0. The summed E-state index contributed by atoms with van der Waals surface area (Å²) < 4.78 is 5.18. The minimum atomic E-state index is -0.142. The first kappa shape index (κ1) is 29.2. The van der Waals surface area contributed by atoms with E-state index in [1.165, 1.54) is 5.56 Å². The number of aliphatic hydroxyl groups is 1. The van der Waals surface area contributed by atoms with Crippen LogP contribution in [-0.2, 0) is 0 Å². The molecule has 3 aromatic rings. The quantitative estimate of drug-likeness (QED) is 0.375. The van der Waals surface area contributed by atoms with Crippen molar-refractivity contribution in [3.05, 3.63) is 95.6 Å². The minimum Gasteiger partial charge on any atom is -0.497 e. The predicted octanol–water partition coefficient (Wildman–Crippen LogP) is 4.34. The molecule has 4 rings (SSSR count). The second kappa shape index (κ2) is 14.0. The number of methoxy groups -OCH3 is 1. The number of amides is 2. The zero-order valence-electron chi connectivity index (χ0n) is 23.9. The normalized spacial score (nSPS) is 17.4. The van der Waals surface area contributed by atoms with E-state index in [1.807, 2.05) is 61.6 Å². The Hall–Kier alpha value is -3.83. The number of benzene rings is 3. The average Bonchev–Trinajstić information content (AvgIpc) is 2.96. The number of aliphatic hydroxyl groups excluding tert-OH is 1. The summed E-state index contributed by atoms with van der Waals surface area (Å²) in [5, 5.41) is 13.2. The molecule has 0 saturated carbocycles. The van der Waals surface area contributed by atoms with Gasteiger partial charge >= 0.3 is 6.03 Å². The fourth-order valence-electron chi connectivity index (χ4n) is 5.01. The maximum Gasteiger partial charge on any atom is 0.321 e. The first-order valence-corrected chi connectivity index (χ1v) is 13.7. The van der Waals surface area contributed by atoms with E-state index >= 15 is 0 Å². The number of ether oxygens (including phenoxy) is 1. The van der Waals surface area contributed by atoms with Crippen molar-refractivity contribution in [1.82, 2.24) is 14.7 Å². The van der Waals surface area contributed by atoms with E-state index in [2.05, 4.69) is 65.3 Å². The highest BCUT2D eigenvalue weighted by Gasteiger charge is 2.40. The number of likely N-dealkylation sites (tertiary alicyclic amines) is 1. The summed E-state index contributed by atoms with van der Waals surface area (Å²) in [6.45, 7) is 2.48. The van der Waals surface area contributed by atoms with Crippen molar-refractivity contribution in [1.29, 1.82) is 0 Å². The van der Waals surface area contributed by atoms with Crippen molar-refractivity contribution >= 4 is 11.7 Å². The maximum absolute atomic E-state index is 12.7. The zero-order chi connectivity index (χ0) is 28.5. The van der Waals surface area contributed by atoms with Crippen LogP contribution in [0, 0.1) is 11.8 Å². The van der Waals surface area contributed by atoms with E-state index in [1.54, 1.807) is 12.0 Å². The molecule has 2 N–H and O–H groups in total. The van der Waals surface area contributed by atoms with E-state index in [0.717, 1.165) is 42.1 Å². The smallest absolute Gasteiger partial charge is 0.321 e. The number of rotatable bonds is 10. The van der Waals surface area contributed by atoms with Crippen molar-refractivity contribution < 1.29 is 14.6 Å². The van der Waals surface area contributed by atoms with Crippen molar-refractivity contribution in [2.24, 2.45) is 0 Å². The van der Waals surface area contributed by atoms with Crippen LogP contribution in [-0.4, -0.2) is 92.4 Å². The van der Waals surface area contributed by atoms with Gasteiger partial charge < -0.3 is 25.0 Å². The lowest BCUT2D eigenvalue weighted by atomic mass is 9.82. The van der Waals surface area contributed by atoms with Gasteiger partial charge in [0.15, 0.2) is 0 Å². The van der Waals surface area contributed by atoms with Gasteiger partial charge in [-0.1, -0.05) is 42.2 Å². The molecule has 1 aliphatic rings. The number of carbonyl (C=O) groups is 1. The summed E-state index contributed by atoms with van der Waals surface area (Å²) in [7, 11) is 7.58. The number of nitrogens with zero attached hydrogens (tertiary/aromatic N) is 3. The number of nitrogens with one attached hydrogen (secondary N) is 1. The van der Waals surface area contributed by atoms with Crippen molar-refractivity contribution in [3.63, 3.8) is 0 Å². The summed E-state index contributed by atoms with van der Waals surface area (Å²) in [5.74, 6) is 7.48. The molecular formula is C33H40N4O3. The monoisotopic (exact) mass is 540 g/mol. The molecule has 1 heterocycles. The van der Waals surface area contributed by atoms with Crippen LogP contribution in [0.5, 0.6) is 5.75 Å². The Balaban J connectivity index is 1.28. The molecule has 7 heteroatoms. The predicted molar refractivity (Wildman–Crippen MR) is 161 cm³/mol. The highest BCUT2D eigenvalue weighted by atomic mass is 16.5. The number of carbonyl (C=O) groups excluding carboxylic acids is 1. The Kier molecular flexibility index (Phi) is 10.2. The van der Waals surface area contributed by atoms with Gasteiger partial charge in [0, 0.05) is 61.5 Å². The molecule has 1 saturated heterocycles. The van der Waals surface area contributed by atoms with E-state index in [9.17, 15) is 9.90 Å². The second-order valence-electron chi connectivity index (χ2n) is 10.5. The molecule has 0 aliphatic carbocycles. The molecular weight excluding hydrogens is 500 g/mol. The number of anilines is 1. The fraction of sp³-hybridized carbons (Fsp3) is 0.364. The first-order chi connectivity index (χ1) is 19.4. The lowest BCUT2D eigenvalue weighted by molar-refractivity contribution is -0.00111. The molecule has 1 aliphatic heterocycles. The van der Waals surface area contributed by atoms with Crippen LogP contribution in [0.25, 0.3) is 0 Å². The Morgan fingerprint density at radius 3 is 2.25 bits per heavy atom. The van der Waals surface area contributed by atoms with E-state index in [-0.39, 0.29) is 24.7 Å². The first-order valence-electron chi connectivity index (χ1n) is 13.7. The third kappa shape index (κ3) is 7.64. The second-order valence-corrected chi connectivity index (χ2v) is 10.5. The van der Waals surface area contributed by atoms with Gasteiger partial charge in [0.05, 0.1) is 13.7 Å². The Morgan fingerprint density at radius 1 is 1.00 bits per heavy atom. The molecule has 0 aromatic heterocycles. The topological polar surface area (TPSA) is 68.3 Å². The molecule has 1 fully saturated rings. The van der Waals surface area contributed by atoms with Crippen LogP contribution < -0.4 is 10.1 Å². The molecule has 3 atom stereocenters. The molecule has 0 radical (unpaired) electrons. The minimum absolute atomic E-state index is 0.0832. The van der Waals surface area contributed by atoms with Crippen LogP contribution >= 0.6 is 0 Å². The summed E-state index contributed by atoms with van der Waals surface area (Å²) in [6.07, 6.45) is 0.827. The van der Waals surface area contributed by atoms with Gasteiger partial charge in [0.1, 0.15) is 5.75 Å². The number of urea groups is 1. The average molecular weight is 541 g/mol. The van der Waals surface area contributed by atoms with E-state index in [4.69, 9.17) is 4.74 Å². The molecule has 0 bridgehead atoms. The van der Waals surface area contributed by atoms with Gasteiger partial charge in [-0.15, -0.1) is 0 Å². The van der Waals surface area contributed by atoms with Gasteiger partial charge in [-0.3, -0.25) is 4.90 Å². The van der Waals surface area contributed by atoms with Crippen LogP contribution in [0.4, 0.5) is 10.5 Å². The highest BCUT2D eigenvalue weighted by molar-refractivity contribution is 5.89. The van der Waals surface area contributed by atoms with Gasteiger partial charge in [-0.25, -0.2) is 4.79 Å². The molecule has 2 amide bonds. The fourth-order valence-corrected chi connectivity index (χ4v) is 5.01. The van der Waals surface area contributed by atoms with Gasteiger partial charge in [0.25, 0.3) is 0 Å². The van der Waals surface area contributed by atoms with Gasteiger partial charge in [0.2, 0.25) is 0 Å². The zero-order valence-corrected chi connectivity index (χ0v) is 23.9. The Labute approximate surface area is 238 Å². The summed E-state index contributed by atoms with van der Waals surface area (Å²) >= 11 is 0. The molecule has 0 spiro atoms. The number of likely N-dealkylation sites (N-methyl/N-ethyl adjacent to an activating group) is 1. The molecule has 2 unspecified atom stereocenters. The third-order valence-electron chi connectivity index (χ3n) is 7.68. The summed E-state index contributed by atoms with van der Waals surface area (Å²) in [6, 6.07) is 25.9. The lowest BCUT2D eigenvalue weighted by Crippen LogP contribution is -2.59. The van der Waals surface area contributed by atoms with Crippen LogP contribution in [0.2, 0.25) is 0 Å². The SMILES string of the molecule is COc1ccc(NC(=O)N(C)CCC(CN2CC(c3ccc(C#Cc4ccccc4)cc3)[C@H]2CO)N(C)C)cc1. The van der Waals surface area contributed by atoms with Gasteiger partial charge in [-0.05, 0) is 74.6 Å². The largest absolute Gasteiger partial charge is 0.497 e. The highest BCUT2D eigenvalue weighted by Crippen LogP contribution is 2.34. The van der Waals surface area contributed by atoms with Gasteiger partial charge in [-0.2, -0.15) is 0 Å². The van der Waals surface area contributed by atoms with Crippen molar-refractivity contribution in [2.75, 3.05) is 59.8 Å². The van der Waals surface area contributed by atoms with Crippen LogP contribution in [0.1, 0.15) is 29.0 Å². The molecule has 3 aromatic carbocycles. The maximum atomic E-state index is 12.7. The third-order valence-corrected chi connectivity index (χ3v) is 7.68. The van der Waals surface area contributed by atoms with E-state index < -0.39 is 0 Å². The molecule has 210 valence electrons. The molecule has 7 nitrogen and oxygen atoms in total. The summed E-state index contributed by atoms with van der Waals surface area (Å²) in [5.41, 5.74) is 3.95. The molecule has 40 heavy (non-hydrogen) atoms. The Morgan fingerprint density at radius 2 is 1.65 bits per heavy atom. The van der Waals surface area contributed by atoms with Crippen LogP contribution in [0.15, 0.2) is 78.9 Å².